The molecule has 0 aliphatic carbocycles. The van der Waals surface area contributed by atoms with Crippen molar-refractivity contribution in [3.05, 3.63) is 41.7 Å². The molecule has 0 spiro atoms. The molecule has 1 aliphatic heterocycles. The predicted octanol–water partition coefficient (Wildman–Crippen LogP) is 2.91. The first-order valence-electron chi connectivity index (χ1n) is 8.74. The molecule has 2 aromatic rings. The van der Waals surface area contributed by atoms with Crippen molar-refractivity contribution in [2.24, 2.45) is 5.92 Å². The van der Waals surface area contributed by atoms with Crippen LogP contribution in [0.4, 0.5) is 10.5 Å². The van der Waals surface area contributed by atoms with Crippen LogP contribution in [-0.4, -0.2) is 46.9 Å². The fraction of sp³-hybridized carbons (Fsp3) is 0.421. The van der Waals surface area contributed by atoms with Crippen molar-refractivity contribution in [3.63, 3.8) is 0 Å². The van der Waals surface area contributed by atoms with Gasteiger partial charge in [0.05, 0.1) is 36.3 Å². The molecule has 7 heteroatoms. The summed E-state index contributed by atoms with van der Waals surface area (Å²) in [6, 6.07) is 9.66. The minimum absolute atomic E-state index is 0.155. The summed E-state index contributed by atoms with van der Waals surface area (Å²) in [5.74, 6) is -0.0736. The van der Waals surface area contributed by atoms with Gasteiger partial charge >= 0.3 is 12.0 Å². The molecule has 1 saturated heterocycles. The zero-order chi connectivity index (χ0) is 18.7. The highest BCUT2D eigenvalue weighted by Gasteiger charge is 2.29. The number of amides is 2. The van der Waals surface area contributed by atoms with E-state index in [-0.39, 0.29) is 17.9 Å². The van der Waals surface area contributed by atoms with Crippen molar-refractivity contribution in [2.45, 2.75) is 26.7 Å². The van der Waals surface area contributed by atoms with Crippen molar-refractivity contribution < 1.29 is 14.3 Å². The average molecular weight is 356 g/mol. The quantitative estimate of drug-likeness (QED) is 0.855. The number of para-hydroxylation sites is 1. The monoisotopic (exact) mass is 356 g/mol. The van der Waals surface area contributed by atoms with Crippen LogP contribution in [0.1, 0.15) is 24.2 Å². The molecule has 7 nitrogen and oxygen atoms in total. The lowest BCUT2D eigenvalue weighted by Gasteiger charge is -2.17. The normalized spacial score (nSPS) is 16.6. The van der Waals surface area contributed by atoms with Crippen LogP contribution in [-0.2, 0) is 9.53 Å². The number of benzene rings is 1. The average Bonchev–Trinajstić information content (AvgIpc) is 3.22. The Labute approximate surface area is 152 Å². The van der Waals surface area contributed by atoms with Crippen molar-refractivity contribution in [1.82, 2.24) is 14.7 Å². The second-order valence-electron chi connectivity index (χ2n) is 6.60. The van der Waals surface area contributed by atoms with Gasteiger partial charge in [0.2, 0.25) is 0 Å². The number of urea groups is 1. The van der Waals surface area contributed by atoms with Crippen LogP contribution in [0.5, 0.6) is 0 Å². The molecule has 1 aliphatic rings. The van der Waals surface area contributed by atoms with Gasteiger partial charge in [-0.1, -0.05) is 18.2 Å². The number of ether oxygens (including phenoxy) is 1. The Morgan fingerprint density at radius 1 is 1.27 bits per heavy atom. The summed E-state index contributed by atoms with van der Waals surface area (Å²) in [7, 11) is 1.39. The van der Waals surface area contributed by atoms with E-state index in [1.165, 1.54) is 7.11 Å². The van der Waals surface area contributed by atoms with Gasteiger partial charge in [0.1, 0.15) is 0 Å². The molecule has 1 unspecified atom stereocenters. The Hall–Kier alpha value is -2.83. The molecule has 0 saturated carbocycles. The number of carbonyl (C=O) groups is 2. The molecule has 1 aromatic heterocycles. The number of carbonyl (C=O) groups excluding carboxylic acids is 2. The number of esters is 1. The van der Waals surface area contributed by atoms with Gasteiger partial charge in [-0.15, -0.1) is 0 Å². The molecule has 1 aromatic carbocycles. The van der Waals surface area contributed by atoms with Crippen LogP contribution in [0.3, 0.4) is 0 Å². The summed E-state index contributed by atoms with van der Waals surface area (Å²) in [6.45, 7) is 5.02. The molecular weight excluding hydrogens is 332 g/mol. The third-order valence-electron chi connectivity index (χ3n) is 4.78. The standard InChI is InChI=1S/C19H24N4O3/c1-13-18(14(2)23(21-13)16-7-5-4-6-8-16)20-19(25)22-10-9-15(12-22)11-17(24)26-3/h4-8,15H,9-12H2,1-3H3,(H,20,25). The Bertz CT molecular complexity index is 801. The van der Waals surface area contributed by atoms with Gasteiger partial charge in [0, 0.05) is 13.1 Å². The van der Waals surface area contributed by atoms with Crippen molar-refractivity contribution >= 4 is 17.7 Å². The Morgan fingerprint density at radius 3 is 2.69 bits per heavy atom. The van der Waals surface area contributed by atoms with E-state index in [1.54, 1.807) is 4.90 Å². The van der Waals surface area contributed by atoms with E-state index >= 15 is 0 Å². The minimum Gasteiger partial charge on any atom is -0.469 e. The first kappa shape index (κ1) is 18.0. The lowest BCUT2D eigenvalue weighted by atomic mass is 10.1. The summed E-state index contributed by atoms with van der Waals surface area (Å²) in [5, 5.41) is 7.53. The molecular formula is C19H24N4O3. The molecule has 1 N–H and O–H groups in total. The summed E-state index contributed by atoms with van der Waals surface area (Å²) in [6.07, 6.45) is 1.16. The van der Waals surface area contributed by atoms with Gasteiger partial charge in [0.25, 0.3) is 0 Å². The Kier molecular flexibility index (Phi) is 5.25. The molecule has 26 heavy (non-hydrogen) atoms. The lowest BCUT2D eigenvalue weighted by molar-refractivity contribution is -0.141. The molecule has 2 heterocycles. The number of rotatable bonds is 4. The molecule has 0 bridgehead atoms. The summed E-state index contributed by atoms with van der Waals surface area (Å²) < 4.78 is 6.54. The van der Waals surface area contributed by atoms with Gasteiger partial charge in [-0.3, -0.25) is 4.79 Å². The van der Waals surface area contributed by atoms with Gasteiger partial charge in [-0.2, -0.15) is 5.10 Å². The SMILES string of the molecule is COC(=O)CC1CCN(C(=O)Nc2c(C)nn(-c3ccccc3)c2C)C1. The number of hydrogen-bond donors (Lipinski definition) is 1. The van der Waals surface area contributed by atoms with Gasteiger partial charge in [-0.05, 0) is 38.3 Å². The zero-order valence-electron chi connectivity index (χ0n) is 15.4. The largest absolute Gasteiger partial charge is 0.469 e. The second-order valence-corrected chi connectivity index (χ2v) is 6.60. The fourth-order valence-corrected chi connectivity index (χ4v) is 3.33. The zero-order valence-corrected chi connectivity index (χ0v) is 15.4. The molecule has 0 radical (unpaired) electrons. The van der Waals surface area contributed by atoms with E-state index in [2.05, 4.69) is 10.4 Å². The number of hydrogen-bond acceptors (Lipinski definition) is 4. The van der Waals surface area contributed by atoms with Crippen molar-refractivity contribution in [2.75, 3.05) is 25.5 Å². The van der Waals surface area contributed by atoms with Crippen LogP contribution in [0.15, 0.2) is 30.3 Å². The molecule has 2 amide bonds. The van der Waals surface area contributed by atoms with E-state index in [9.17, 15) is 9.59 Å². The second kappa shape index (κ2) is 7.59. The highest BCUT2D eigenvalue weighted by Crippen LogP contribution is 2.25. The number of aromatic nitrogens is 2. The van der Waals surface area contributed by atoms with E-state index in [0.29, 0.717) is 19.5 Å². The lowest BCUT2D eigenvalue weighted by Crippen LogP contribution is -2.33. The van der Waals surface area contributed by atoms with Crippen LogP contribution in [0.2, 0.25) is 0 Å². The number of methoxy groups -OCH3 is 1. The summed E-state index contributed by atoms with van der Waals surface area (Å²) in [4.78, 5) is 25.8. The third kappa shape index (κ3) is 3.71. The topological polar surface area (TPSA) is 76.5 Å². The van der Waals surface area contributed by atoms with Gasteiger partial charge < -0.3 is 15.0 Å². The van der Waals surface area contributed by atoms with Crippen molar-refractivity contribution in [3.8, 4) is 5.69 Å². The molecule has 3 rings (SSSR count). The predicted molar refractivity (Wildman–Crippen MR) is 98.4 cm³/mol. The minimum atomic E-state index is -0.229. The maximum Gasteiger partial charge on any atom is 0.321 e. The third-order valence-corrected chi connectivity index (χ3v) is 4.78. The van der Waals surface area contributed by atoms with Gasteiger partial charge in [0.15, 0.2) is 0 Å². The number of nitrogens with zero attached hydrogens (tertiary/aromatic N) is 3. The van der Waals surface area contributed by atoms with E-state index in [0.717, 1.165) is 29.2 Å². The first-order valence-corrected chi connectivity index (χ1v) is 8.74. The molecule has 1 fully saturated rings. The fourth-order valence-electron chi connectivity index (χ4n) is 3.33. The highest BCUT2D eigenvalue weighted by atomic mass is 16.5. The van der Waals surface area contributed by atoms with Crippen LogP contribution in [0.25, 0.3) is 5.69 Å². The number of nitrogens with one attached hydrogen (secondary N) is 1. The first-order chi connectivity index (χ1) is 12.5. The smallest absolute Gasteiger partial charge is 0.321 e. The van der Waals surface area contributed by atoms with Gasteiger partial charge in [-0.25, -0.2) is 9.48 Å². The van der Waals surface area contributed by atoms with E-state index in [1.807, 2.05) is 48.9 Å². The summed E-state index contributed by atoms with van der Waals surface area (Å²) in [5.41, 5.74) is 3.33. The number of likely N-dealkylation sites (tertiary alicyclic amines) is 1. The number of anilines is 1. The highest BCUT2D eigenvalue weighted by molar-refractivity contribution is 5.91. The molecule has 138 valence electrons. The maximum atomic E-state index is 12.6. The van der Waals surface area contributed by atoms with Crippen molar-refractivity contribution in [1.29, 1.82) is 0 Å². The van der Waals surface area contributed by atoms with E-state index < -0.39 is 0 Å². The Balaban J connectivity index is 1.69. The van der Waals surface area contributed by atoms with Crippen LogP contribution >= 0.6 is 0 Å². The number of aryl methyl sites for hydroxylation is 1. The molecule has 1 atom stereocenters. The van der Waals surface area contributed by atoms with E-state index in [4.69, 9.17) is 4.74 Å². The van der Waals surface area contributed by atoms with Crippen LogP contribution in [0, 0.1) is 19.8 Å². The Morgan fingerprint density at radius 2 is 2.00 bits per heavy atom. The maximum absolute atomic E-state index is 12.6. The summed E-state index contributed by atoms with van der Waals surface area (Å²) >= 11 is 0. The van der Waals surface area contributed by atoms with Crippen LogP contribution < -0.4 is 5.32 Å².